The summed E-state index contributed by atoms with van der Waals surface area (Å²) < 4.78 is 6.12. The number of hydrogen-bond acceptors (Lipinski definition) is 5. The molecule has 2 fully saturated rings. The van der Waals surface area contributed by atoms with Gasteiger partial charge in [0.25, 0.3) is 11.8 Å². The van der Waals surface area contributed by atoms with Crippen LogP contribution in [-0.4, -0.2) is 39.8 Å². The maximum absolute atomic E-state index is 13.7. The van der Waals surface area contributed by atoms with Gasteiger partial charge < -0.3 is 15.4 Å². The van der Waals surface area contributed by atoms with Crippen molar-refractivity contribution in [2.45, 2.75) is 38.5 Å². The van der Waals surface area contributed by atoms with E-state index < -0.39 is 35.5 Å². The van der Waals surface area contributed by atoms with E-state index in [0.717, 1.165) is 11.1 Å². The van der Waals surface area contributed by atoms with Crippen LogP contribution >= 0.6 is 0 Å². The third-order valence-electron chi connectivity index (χ3n) is 6.97. The van der Waals surface area contributed by atoms with Gasteiger partial charge in [-0.3, -0.25) is 14.6 Å². The Morgan fingerprint density at radius 3 is 2.08 bits per heavy atom. The topological polar surface area (TPSA) is 103 Å². The summed E-state index contributed by atoms with van der Waals surface area (Å²) >= 11 is 0. The fourth-order valence-corrected chi connectivity index (χ4v) is 5.36. The van der Waals surface area contributed by atoms with E-state index in [1.54, 1.807) is 24.4 Å². The number of primary amides is 1. The summed E-state index contributed by atoms with van der Waals surface area (Å²) in [7, 11) is 0. The predicted molar refractivity (Wildman–Crippen MR) is 134 cm³/mol. The number of ether oxygens (including phenoxy) is 1. The van der Waals surface area contributed by atoms with Crippen LogP contribution < -0.4 is 5.73 Å². The molecule has 3 aromatic rings. The summed E-state index contributed by atoms with van der Waals surface area (Å²) in [5.74, 6) is -1.58. The van der Waals surface area contributed by atoms with Crippen LogP contribution in [0.3, 0.4) is 0 Å². The molecule has 0 bridgehead atoms. The molecule has 0 saturated carbocycles. The SMILES string of the molecule is CC1(C)CC2/C(=C(/C(N)=O)c3ccccn3)C(=O)N2[C@H]1C(=O)OC(c1ccccc1)c1ccccc1. The number of fused-ring (bicyclic) bond motifs is 1. The third-order valence-corrected chi connectivity index (χ3v) is 6.97. The van der Waals surface area contributed by atoms with Crippen LogP contribution in [0.1, 0.15) is 43.2 Å². The van der Waals surface area contributed by atoms with Gasteiger partial charge in [0.2, 0.25) is 0 Å². The highest BCUT2D eigenvalue weighted by molar-refractivity contribution is 6.27. The second-order valence-corrected chi connectivity index (χ2v) is 9.83. The number of amides is 2. The van der Waals surface area contributed by atoms with Gasteiger partial charge in [-0.2, -0.15) is 0 Å². The quantitative estimate of drug-likeness (QED) is 0.329. The van der Waals surface area contributed by atoms with Crippen molar-refractivity contribution in [1.82, 2.24) is 9.88 Å². The van der Waals surface area contributed by atoms with Crippen molar-refractivity contribution < 1.29 is 19.1 Å². The Kier molecular flexibility index (Phi) is 5.92. The van der Waals surface area contributed by atoms with E-state index in [1.807, 2.05) is 74.5 Å². The Morgan fingerprint density at radius 2 is 1.56 bits per heavy atom. The Hall–Kier alpha value is -4.26. The summed E-state index contributed by atoms with van der Waals surface area (Å²) in [4.78, 5) is 45.2. The molecular formula is C29H27N3O4. The van der Waals surface area contributed by atoms with E-state index in [2.05, 4.69) is 4.98 Å². The monoisotopic (exact) mass is 481 g/mol. The highest BCUT2D eigenvalue weighted by Crippen LogP contribution is 2.51. The first kappa shape index (κ1) is 23.5. The van der Waals surface area contributed by atoms with E-state index in [1.165, 1.54) is 4.90 Å². The van der Waals surface area contributed by atoms with Crippen molar-refractivity contribution in [3.05, 3.63) is 107 Å². The van der Waals surface area contributed by atoms with E-state index in [4.69, 9.17) is 10.5 Å². The van der Waals surface area contributed by atoms with E-state index in [-0.39, 0.29) is 11.5 Å². The van der Waals surface area contributed by atoms with Gasteiger partial charge in [-0.15, -0.1) is 0 Å². The largest absolute Gasteiger partial charge is 0.451 e. The molecule has 2 aliphatic heterocycles. The lowest BCUT2D eigenvalue weighted by atomic mass is 9.82. The number of aromatic nitrogens is 1. The highest BCUT2D eigenvalue weighted by atomic mass is 16.5. The minimum absolute atomic E-state index is 0.109. The molecule has 2 aromatic carbocycles. The van der Waals surface area contributed by atoms with Crippen molar-refractivity contribution in [2.75, 3.05) is 0 Å². The number of carbonyl (C=O) groups excluding carboxylic acids is 3. The molecule has 0 aliphatic carbocycles. The summed E-state index contributed by atoms with van der Waals surface area (Å²) in [6.07, 6.45) is 1.43. The van der Waals surface area contributed by atoms with Gasteiger partial charge in [0.15, 0.2) is 6.10 Å². The molecule has 2 atom stereocenters. The number of nitrogens with two attached hydrogens (primary N) is 1. The number of rotatable bonds is 6. The molecule has 1 aromatic heterocycles. The van der Waals surface area contributed by atoms with Gasteiger partial charge in [-0.05, 0) is 35.1 Å². The van der Waals surface area contributed by atoms with Gasteiger partial charge >= 0.3 is 5.97 Å². The minimum atomic E-state index is -0.800. The van der Waals surface area contributed by atoms with Gasteiger partial charge in [0.05, 0.1) is 22.9 Å². The molecule has 5 rings (SSSR count). The van der Waals surface area contributed by atoms with Crippen LogP contribution in [0.2, 0.25) is 0 Å². The lowest BCUT2D eigenvalue weighted by Crippen LogP contribution is -2.59. The Morgan fingerprint density at radius 1 is 0.972 bits per heavy atom. The third kappa shape index (κ3) is 3.96. The number of carbonyl (C=O) groups is 3. The zero-order chi connectivity index (χ0) is 25.4. The molecule has 182 valence electrons. The van der Waals surface area contributed by atoms with Crippen LogP contribution in [0.4, 0.5) is 0 Å². The molecule has 2 N–H and O–H groups in total. The molecule has 2 aliphatic rings. The van der Waals surface area contributed by atoms with E-state index >= 15 is 0 Å². The first-order chi connectivity index (χ1) is 17.3. The number of esters is 1. The summed E-state index contributed by atoms with van der Waals surface area (Å²) in [6.45, 7) is 3.87. The lowest BCUT2D eigenvalue weighted by molar-refractivity contribution is -0.162. The van der Waals surface area contributed by atoms with Crippen LogP contribution in [0.15, 0.2) is 90.6 Å². The van der Waals surface area contributed by atoms with Crippen molar-refractivity contribution in [2.24, 2.45) is 11.1 Å². The molecule has 1 unspecified atom stereocenters. The smallest absolute Gasteiger partial charge is 0.330 e. The highest BCUT2D eigenvalue weighted by Gasteiger charge is 2.62. The summed E-state index contributed by atoms with van der Waals surface area (Å²) in [6, 6.07) is 22.9. The Bertz CT molecular complexity index is 1300. The van der Waals surface area contributed by atoms with Crippen LogP contribution in [0.5, 0.6) is 0 Å². The fourth-order valence-electron chi connectivity index (χ4n) is 5.36. The van der Waals surface area contributed by atoms with Crippen molar-refractivity contribution in [3.8, 4) is 0 Å². The molecule has 0 spiro atoms. The van der Waals surface area contributed by atoms with Gasteiger partial charge in [-0.1, -0.05) is 80.6 Å². The number of nitrogens with zero attached hydrogens (tertiary/aromatic N) is 2. The van der Waals surface area contributed by atoms with Gasteiger partial charge in [0, 0.05) is 6.20 Å². The van der Waals surface area contributed by atoms with Crippen LogP contribution in [0, 0.1) is 5.41 Å². The summed E-state index contributed by atoms with van der Waals surface area (Å²) in [5.41, 5.74) is 7.55. The first-order valence-corrected chi connectivity index (χ1v) is 11.9. The molecule has 0 radical (unpaired) electrons. The van der Waals surface area contributed by atoms with E-state index in [9.17, 15) is 14.4 Å². The predicted octanol–water partition coefficient (Wildman–Crippen LogP) is 3.66. The first-order valence-electron chi connectivity index (χ1n) is 11.9. The average Bonchev–Trinajstić information content (AvgIpc) is 3.14. The van der Waals surface area contributed by atoms with Crippen molar-refractivity contribution in [1.29, 1.82) is 0 Å². The van der Waals surface area contributed by atoms with Gasteiger partial charge in [0.1, 0.15) is 6.04 Å². The average molecular weight is 482 g/mol. The molecular weight excluding hydrogens is 454 g/mol. The zero-order valence-corrected chi connectivity index (χ0v) is 20.1. The van der Waals surface area contributed by atoms with Crippen LogP contribution in [0.25, 0.3) is 5.57 Å². The fraction of sp³-hybridized carbons (Fsp3) is 0.241. The van der Waals surface area contributed by atoms with Crippen molar-refractivity contribution in [3.63, 3.8) is 0 Å². The lowest BCUT2D eigenvalue weighted by Gasteiger charge is -2.42. The zero-order valence-electron chi connectivity index (χ0n) is 20.1. The maximum atomic E-state index is 13.7. The molecule has 36 heavy (non-hydrogen) atoms. The van der Waals surface area contributed by atoms with Gasteiger partial charge in [-0.25, -0.2) is 4.79 Å². The maximum Gasteiger partial charge on any atom is 0.330 e. The Labute approximate surface area is 209 Å². The number of hydrogen-bond donors (Lipinski definition) is 1. The molecule has 7 nitrogen and oxygen atoms in total. The van der Waals surface area contributed by atoms with Crippen molar-refractivity contribution >= 4 is 23.4 Å². The molecule has 2 saturated heterocycles. The second-order valence-electron chi connectivity index (χ2n) is 9.83. The van der Waals surface area contributed by atoms with Crippen LogP contribution in [-0.2, 0) is 19.1 Å². The molecule has 7 heteroatoms. The number of benzene rings is 2. The standard InChI is InChI=1S/C29H27N3O4/c1-29(2)17-21-23(22(26(30)33)20-15-9-10-16-31-20)27(34)32(21)25(29)28(35)36-24(18-11-5-3-6-12-18)19-13-7-4-8-14-19/h3-16,21,24-25H,17H2,1-2H3,(H2,30,33)/b23-22-/t21?,25-/m0/s1. The van der Waals surface area contributed by atoms with E-state index in [0.29, 0.717) is 17.7 Å². The second kappa shape index (κ2) is 9.07. The normalized spacial score (nSPS) is 21.5. The molecule has 2 amide bonds. The molecule has 3 heterocycles. The Balaban J connectivity index is 1.48. The minimum Gasteiger partial charge on any atom is -0.451 e. The summed E-state index contributed by atoms with van der Waals surface area (Å²) in [5, 5.41) is 0. The number of β-lactam (4-membered cyclic amide) rings is 1. The number of pyridine rings is 1.